The Morgan fingerprint density at radius 3 is 1.62 bits per heavy atom. The molecule has 128 valence electrons. The molecule has 0 amide bonds. The smallest absolute Gasteiger partial charge is 0.313 e. The number of hydrogen-bond acceptors (Lipinski definition) is 3. The van der Waals surface area contributed by atoms with Gasteiger partial charge >= 0.3 is 7.60 Å². The molecular formula is C15H34FO3PSi. The lowest BCUT2D eigenvalue weighted by molar-refractivity contribution is 0.220. The molecule has 6 heteroatoms. The molecule has 0 aliphatic rings. The van der Waals surface area contributed by atoms with Gasteiger partial charge in [0.15, 0.2) is 0 Å². The summed E-state index contributed by atoms with van der Waals surface area (Å²) in [6.45, 7) is 16.2. The normalized spacial score (nSPS) is 14.5. The largest absolute Gasteiger partial charge is 0.330 e. The summed E-state index contributed by atoms with van der Waals surface area (Å²) in [6.07, 6.45) is 0.855. The Labute approximate surface area is 131 Å². The van der Waals surface area contributed by atoms with Gasteiger partial charge in [0.05, 0.1) is 13.2 Å². The van der Waals surface area contributed by atoms with Crippen molar-refractivity contribution < 1.29 is 17.7 Å². The Balaban J connectivity index is 4.91. The lowest BCUT2D eigenvalue weighted by Gasteiger charge is -2.45. The highest BCUT2D eigenvalue weighted by atomic mass is 31.2. The van der Waals surface area contributed by atoms with Crippen molar-refractivity contribution in [2.24, 2.45) is 0 Å². The van der Waals surface area contributed by atoms with Gasteiger partial charge in [-0.05, 0) is 36.4 Å². The molecular weight excluding hydrogens is 306 g/mol. The lowest BCUT2D eigenvalue weighted by atomic mass is 10.2. The van der Waals surface area contributed by atoms with E-state index in [0.717, 1.165) is 0 Å². The zero-order valence-corrected chi connectivity index (χ0v) is 17.0. The third-order valence-electron chi connectivity index (χ3n) is 3.98. The highest BCUT2D eigenvalue weighted by molar-refractivity contribution is 7.53. The number of halogens is 1. The topological polar surface area (TPSA) is 35.5 Å². The van der Waals surface area contributed by atoms with Crippen LogP contribution >= 0.6 is 7.60 Å². The van der Waals surface area contributed by atoms with Gasteiger partial charge in [0, 0.05) is 6.16 Å². The first kappa shape index (κ1) is 21.3. The van der Waals surface area contributed by atoms with Crippen LogP contribution in [0.2, 0.25) is 16.1 Å². The minimum Gasteiger partial charge on any atom is -0.313 e. The van der Waals surface area contributed by atoms with E-state index in [9.17, 15) is 4.57 Å². The molecule has 0 aromatic heterocycles. The molecule has 0 radical (unpaired) electrons. The first-order valence-corrected chi connectivity index (χ1v) is 11.7. The molecule has 0 aromatic carbocycles. The molecule has 0 N–H and O–H groups in total. The molecule has 0 heterocycles. The molecule has 0 saturated heterocycles. The predicted octanol–water partition coefficient (Wildman–Crippen LogP) is 6.16. The van der Waals surface area contributed by atoms with Crippen LogP contribution < -0.4 is 0 Å². The summed E-state index contributed by atoms with van der Waals surface area (Å²) in [5.74, 6) is 0. The summed E-state index contributed by atoms with van der Waals surface area (Å²) in [5, 5.41) is -0.682. The average Bonchev–Trinajstić information content (AvgIpc) is 2.26. The number of rotatable bonds is 8. The highest BCUT2D eigenvalue weighted by Gasteiger charge is 2.54. The summed E-state index contributed by atoms with van der Waals surface area (Å²) >= 11 is 0. The van der Waals surface area contributed by atoms with Gasteiger partial charge in [-0.1, -0.05) is 41.5 Å². The van der Waals surface area contributed by atoms with Crippen LogP contribution in [0.1, 0.15) is 61.8 Å². The maximum Gasteiger partial charge on any atom is 0.330 e. The van der Waals surface area contributed by atoms with Gasteiger partial charge in [0.25, 0.3) is 8.41 Å². The fraction of sp³-hybridized carbons (Fsp3) is 1.00. The van der Waals surface area contributed by atoms with Gasteiger partial charge in [-0.15, -0.1) is 0 Å². The van der Waals surface area contributed by atoms with Gasteiger partial charge in [-0.2, -0.15) is 0 Å². The van der Waals surface area contributed by atoms with Crippen molar-refractivity contribution in [3.8, 4) is 0 Å². The highest BCUT2D eigenvalue weighted by Crippen LogP contribution is 2.56. The minimum atomic E-state index is -3.05. The second-order valence-corrected chi connectivity index (χ2v) is 14.9. The Morgan fingerprint density at radius 1 is 0.952 bits per heavy atom. The van der Waals surface area contributed by atoms with E-state index in [1.165, 1.54) is 0 Å². The van der Waals surface area contributed by atoms with Crippen LogP contribution in [0.4, 0.5) is 4.11 Å². The molecule has 21 heavy (non-hydrogen) atoms. The Bertz CT molecular complexity index is 337. The van der Waals surface area contributed by atoms with Gasteiger partial charge < -0.3 is 13.2 Å². The second-order valence-electron chi connectivity index (χ2n) is 7.57. The second kappa shape index (κ2) is 7.72. The van der Waals surface area contributed by atoms with Crippen molar-refractivity contribution in [1.29, 1.82) is 0 Å². The first-order valence-electron chi connectivity index (χ1n) is 7.90. The fourth-order valence-electron chi connectivity index (χ4n) is 2.95. The molecule has 3 nitrogen and oxygen atoms in total. The fourth-order valence-corrected chi connectivity index (χ4v) is 9.33. The Morgan fingerprint density at radius 2 is 1.33 bits per heavy atom. The van der Waals surface area contributed by atoms with E-state index in [-0.39, 0.29) is 10.1 Å². The van der Waals surface area contributed by atoms with Gasteiger partial charge in [-0.25, -0.2) is 0 Å². The first-order chi connectivity index (χ1) is 9.33. The van der Waals surface area contributed by atoms with Crippen LogP contribution in [0.5, 0.6) is 0 Å². The zero-order chi connectivity index (χ0) is 16.9. The molecule has 0 saturated carbocycles. The van der Waals surface area contributed by atoms with Gasteiger partial charge in [0.1, 0.15) is 0 Å². The summed E-state index contributed by atoms with van der Waals surface area (Å²) in [4.78, 5) is 0. The van der Waals surface area contributed by atoms with Crippen LogP contribution in [-0.4, -0.2) is 27.8 Å². The van der Waals surface area contributed by atoms with Crippen LogP contribution in [0.25, 0.3) is 0 Å². The van der Waals surface area contributed by atoms with E-state index in [0.29, 0.717) is 31.8 Å². The molecule has 0 aliphatic carbocycles. The van der Waals surface area contributed by atoms with E-state index in [1.807, 2.05) is 41.5 Å². The lowest BCUT2D eigenvalue weighted by Crippen LogP contribution is -2.47. The molecule has 0 spiro atoms. The molecule has 0 fully saturated rings. The molecule has 0 rings (SSSR count). The molecule has 0 aliphatic heterocycles. The van der Waals surface area contributed by atoms with Gasteiger partial charge in [-0.3, -0.25) is 4.57 Å². The number of hydrogen-bond donors (Lipinski definition) is 0. The zero-order valence-electron chi connectivity index (χ0n) is 15.1. The van der Waals surface area contributed by atoms with Crippen molar-refractivity contribution >= 4 is 16.0 Å². The van der Waals surface area contributed by atoms with E-state index < -0.39 is 16.0 Å². The molecule has 0 atom stereocenters. The van der Waals surface area contributed by atoms with Crippen molar-refractivity contribution in [2.45, 2.75) is 77.9 Å². The van der Waals surface area contributed by atoms with Crippen molar-refractivity contribution in [1.82, 2.24) is 0 Å². The quantitative estimate of drug-likeness (QED) is 0.302. The Hall–Kier alpha value is 0.297. The van der Waals surface area contributed by atoms with Crippen molar-refractivity contribution in [3.05, 3.63) is 0 Å². The molecule has 0 bridgehead atoms. The predicted molar refractivity (Wildman–Crippen MR) is 91.4 cm³/mol. The monoisotopic (exact) mass is 340 g/mol. The van der Waals surface area contributed by atoms with E-state index in [1.54, 1.807) is 13.8 Å². The van der Waals surface area contributed by atoms with Crippen LogP contribution in [0.3, 0.4) is 0 Å². The van der Waals surface area contributed by atoms with Crippen LogP contribution in [0, 0.1) is 0 Å². The maximum absolute atomic E-state index is 15.7. The van der Waals surface area contributed by atoms with Crippen LogP contribution in [0.15, 0.2) is 0 Å². The third-order valence-corrected chi connectivity index (χ3v) is 11.9. The van der Waals surface area contributed by atoms with Gasteiger partial charge in [0.2, 0.25) is 0 Å². The molecule has 0 aromatic rings. The molecule has 0 unspecified atom stereocenters. The van der Waals surface area contributed by atoms with Crippen LogP contribution in [-0.2, 0) is 13.6 Å². The van der Waals surface area contributed by atoms with E-state index in [2.05, 4.69) is 0 Å². The summed E-state index contributed by atoms with van der Waals surface area (Å²) in [6, 6.07) is 0.490. The SMILES string of the molecule is CCOP(=O)(CCC[Si](F)(C(C)(C)C)C(C)(C)C)OCC. The summed E-state index contributed by atoms with van der Waals surface area (Å²) in [7, 11) is -6.08. The van der Waals surface area contributed by atoms with Crippen molar-refractivity contribution in [2.75, 3.05) is 19.4 Å². The summed E-state index contributed by atoms with van der Waals surface area (Å²) in [5.41, 5.74) is 0. The standard InChI is InChI=1S/C15H34FO3PSi/c1-9-18-20(17,19-10-2)12-11-13-21(16,14(3,4)5)15(6,7)8/h9-13H2,1-8H3. The van der Waals surface area contributed by atoms with E-state index >= 15 is 4.11 Å². The minimum absolute atomic E-state index is 0.305. The van der Waals surface area contributed by atoms with Crippen molar-refractivity contribution in [3.63, 3.8) is 0 Å². The maximum atomic E-state index is 15.7. The third kappa shape index (κ3) is 5.78. The van der Waals surface area contributed by atoms with E-state index in [4.69, 9.17) is 9.05 Å². The summed E-state index contributed by atoms with van der Waals surface area (Å²) < 4.78 is 38.7. The Kier molecular flexibility index (Phi) is 7.83. The average molecular weight is 340 g/mol.